The van der Waals surface area contributed by atoms with Crippen LogP contribution in [0.2, 0.25) is 0 Å². The fourth-order valence-corrected chi connectivity index (χ4v) is 7.80. The molecule has 41 heavy (non-hydrogen) atoms. The van der Waals surface area contributed by atoms with Crippen LogP contribution in [0.25, 0.3) is 11.3 Å². The highest BCUT2D eigenvalue weighted by Crippen LogP contribution is 2.52. The van der Waals surface area contributed by atoms with Gasteiger partial charge in [0.25, 0.3) is 0 Å². The van der Waals surface area contributed by atoms with E-state index in [1.165, 1.54) is 0 Å². The number of amides is 1. The molecule has 2 aromatic carbocycles. The summed E-state index contributed by atoms with van der Waals surface area (Å²) in [6.45, 7) is 12.1. The Hall–Kier alpha value is -2.76. The van der Waals surface area contributed by atoms with Gasteiger partial charge in [-0.1, -0.05) is 35.7 Å². The summed E-state index contributed by atoms with van der Waals surface area (Å²) in [6, 6.07) is 15.9. The number of piperazine rings is 1. The highest BCUT2D eigenvalue weighted by molar-refractivity contribution is 8.05. The van der Waals surface area contributed by atoms with E-state index in [9.17, 15) is 9.59 Å². The number of nitrogens with zero attached hydrogens (tertiary/aromatic N) is 3. The monoisotopic (exact) mass is 592 g/mol. The average Bonchev–Trinajstić information content (AvgIpc) is 2.99. The van der Waals surface area contributed by atoms with Crippen molar-refractivity contribution in [1.29, 1.82) is 0 Å². The van der Waals surface area contributed by atoms with Gasteiger partial charge in [-0.05, 0) is 38.1 Å². The minimum atomic E-state index is -0.0718. The van der Waals surface area contributed by atoms with Crippen molar-refractivity contribution in [2.75, 3.05) is 69.2 Å². The van der Waals surface area contributed by atoms with Gasteiger partial charge in [-0.25, -0.2) is 0 Å². The quantitative estimate of drug-likeness (QED) is 0.315. The number of ether oxygens (including phenoxy) is 1. The fourth-order valence-electron chi connectivity index (χ4n) is 5.40. The molecule has 4 heterocycles. The molecule has 216 valence electrons. The third-order valence-corrected chi connectivity index (χ3v) is 10.4. The van der Waals surface area contributed by atoms with Crippen molar-refractivity contribution >= 4 is 41.0 Å². The maximum absolute atomic E-state index is 12.8. The number of hydrogen-bond donors (Lipinski definition) is 1. The van der Waals surface area contributed by atoms with Crippen LogP contribution < -0.4 is 15.6 Å². The molecule has 0 saturated carbocycles. The zero-order valence-corrected chi connectivity index (χ0v) is 25.2. The number of morpholine rings is 1. The molecule has 1 aromatic heterocycles. The highest BCUT2D eigenvalue weighted by atomic mass is 32.2. The van der Waals surface area contributed by atoms with Crippen LogP contribution in [0, 0.1) is 0 Å². The maximum Gasteiger partial charge on any atom is 0.225 e. The summed E-state index contributed by atoms with van der Waals surface area (Å²) < 4.78 is 11.7. The highest BCUT2D eigenvalue weighted by Gasteiger charge is 2.24. The van der Waals surface area contributed by atoms with Crippen LogP contribution in [0.15, 0.2) is 77.3 Å². The van der Waals surface area contributed by atoms with Crippen molar-refractivity contribution in [3.05, 3.63) is 58.8 Å². The van der Waals surface area contributed by atoms with Gasteiger partial charge in [-0.3, -0.25) is 14.5 Å². The van der Waals surface area contributed by atoms with E-state index in [1.807, 2.05) is 18.2 Å². The van der Waals surface area contributed by atoms with Crippen molar-refractivity contribution < 1.29 is 13.9 Å². The first-order valence-corrected chi connectivity index (χ1v) is 15.9. The lowest BCUT2D eigenvalue weighted by Gasteiger charge is -2.36. The molecule has 0 spiro atoms. The van der Waals surface area contributed by atoms with Crippen molar-refractivity contribution in [1.82, 2.24) is 9.80 Å². The second-order valence-electron chi connectivity index (χ2n) is 10.9. The van der Waals surface area contributed by atoms with E-state index in [-0.39, 0.29) is 11.3 Å². The molecule has 3 aliphatic heterocycles. The lowest BCUT2D eigenvalue weighted by atomic mass is 10.1. The van der Waals surface area contributed by atoms with E-state index in [2.05, 4.69) is 52.1 Å². The molecule has 1 amide bonds. The van der Waals surface area contributed by atoms with Crippen molar-refractivity contribution in [2.45, 2.75) is 45.9 Å². The standard InChI is InChI=1S/C31H36N4O4S2/c1-21(2)34-12-10-33(11-13-34)9-8-29(37)32-22-6-7-26-28(18-22)40-27-5-3-4-24(31(27)41-26)25-19-23(36)20-30(39-25)35-14-16-38-17-15-35/h3-7,18-21H,8-17H2,1-2H3,(H,32,37). The Morgan fingerprint density at radius 3 is 2.51 bits per heavy atom. The molecular weight excluding hydrogens is 556 g/mol. The Morgan fingerprint density at radius 1 is 0.927 bits per heavy atom. The second kappa shape index (κ2) is 12.6. The topological polar surface area (TPSA) is 78.3 Å². The molecule has 0 atom stereocenters. The van der Waals surface area contributed by atoms with E-state index >= 15 is 0 Å². The van der Waals surface area contributed by atoms with Gasteiger partial charge < -0.3 is 24.3 Å². The van der Waals surface area contributed by atoms with E-state index < -0.39 is 0 Å². The van der Waals surface area contributed by atoms with Crippen LogP contribution in [0.1, 0.15) is 20.3 Å². The van der Waals surface area contributed by atoms with Crippen LogP contribution in [0.5, 0.6) is 0 Å². The number of fused-ring (bicyclic) bond motifs is 2. The summed E-state index contributed by atoms with van der Waals surface area (Å²) in [6.07, 6.45) is 0.488. The molecule has 8 nitrogen and oxygen atoms in total. The van der Waals surface area contributed by atoms with Gasteiger partial charge in [0.05, 0.1) is 13.2 Å². The molecule has 1 N–H and O–H groups in total. The van der Waals surface area contributed by atoms with Crippen LogP contribution >= 0.6 is 23.5 Å². The van der Waals surface area contributed by atoms with Gasteiger partial charge in [0.15, 0.2) is 11.3 Å². The van der Waals surface area contributed by atoms with E-state index in [4.69, 9.17) is 9.15 Å². The fraction of sp³-hybridized carbons (Fsp3) is 0.419. The number of nitrogens with one attached hydrogen (secondary N) is 1. The van der Waals surface area contributed by atoms with Crippen molar-refractivity contribution in [2.24, 2.45) is 0 Å². The predicted molar refractivity (Wildman–Crippen MR) is 165 cm³/mol. The average molecular weight is 593 g/mol. The number of carbonyl (C=O) groups is 1. The molecule has 2 fully saturated rings. The first-order valence-electron chi connectivity index (χ1n) is 14.3. The van der Waals surface area contributed by atoms with Gasteiger partial charge in [0.1, 0.15) is 5.76 Å². The lowest BCUT2D eigenvalue weighted by molar-refractivity contribution is -0.116. The number of anilines is 2. The molecular formula is C31H36N4O4S2. The first kappa shape index (κ1) is 28.4. The Morgan fingerprint density at radius 2 is 1.73 bits per heavy atom. The van der Waals surface area contributed by atoms with Crippen LogP contribution in [0.4, 0.5) is 11.6 Å². The molecule has 2 saturated heterocycles. The summed E-state index contributed by atoms with van der Waals surface area (Å²) in [5.41, 5.74) is 1.65. The minimum absolute atomic E-state index is 0.0440. The third kappa shape index (κ3) is 6.67. The third-order valence-electron chi connectivity index (χ3n) is 7.77. The lowest BCUT2D eigenvalue weighted by Crippen LogP contribution is -2.49. The number of rotatable bonds is 7. The Labute approximate surface area is 249 Å². The minimum Gasteiger partial charge on any atom is -0.440 e. The molecule has 6 rings (SSSR count). The first-order chi connectivity index (χ1) is 19.9. The van der Waals surface area contributed by atoms with Gasteiger partial charge in [-0.15, -0.1) is 0 Å². The SMILES string of the molecule is CC(C)N1CCN(CCC(=O)Nc2ccc3c(c2)Sc2cccc(-c4cc(=O)cc(N5CCOCC5)o4)c2S3)CC1. The maximum atomic E-state index is 12.8. The summed E-state index contributed by atoms with van der Waals surface area (Å²) in [5, 5.41) is 3.10. The Bertz CT molecular complexity index is 1460. The summed E-state index contributed by atoms with van der Waals surface area (Å²) in [7, 11) is 0. The summed E-state index contributed by atoms with van der Waals surface area (Å²) in [5.74, 6) is 1.20. The summed E-state index contributed by atoms with van der Waals surface area (Å²) >= 11 is 3.35. The van der Waals surface area contributed by atoms with Crippen LogP contribution in [-0.2, 0) is 9.53 Å². The van der Waals surface area contributed by atoms with Gasteiger partial charge in [0.2, 0.25) is 5.91 Å². The van der Waals surface area contributed by atoms with Crippen LogP contribution in [0.3, 0.4) is 0 Å². The predicted octanol–water partition coefficient (Wildman–Crippen LogP) is 5.11. The van der Waals surface area contributed by atoms with Crippen molar-refractivity contribution in [3.63, 3.8) is 0 Å². The molecule has 0 bridgehead atoms. The zero-order chi connectivity index (χ0) is 28.3. The van der Waals surface area contributed by atoms with E-state index in [0.29, 0.717) is 50.4 Å². The van der Waals surface area contributed by atoms with Gasteiger partial charge in [-0.2, -0.15) is 0 Å². The Balaban J connectivity index is 1.12. The van der Waals surface area contributed by atoms with E-state index in [0.717, 1.165) is 63.6 Å². The van der Waals surface area contributed by atoms with Crippen LogP contribution in [-0.4, -0.2) is 80.8 Å². The smallest absolute Gasteiger partial charge is 0.225 e. The number of benzene rings is 2. The normalized spacial score (nSPS) is 17.8. The molecule has 0 radical (unpaired) electrons. The second-order valence-corrected chi connectivity index (χ2v) is 13.0. The van der Waals surface area contributed by atoms with E-state index in [1.54, 1.807) is 35.7 Å². The molecule has 3 aliphatic rings. The molecule has 10 heteroatoms. The van der Waals surface area contributed by atoms with Gasteiger partial charge in [0, 0.05) is 101 Å². The molecule has 0 aliphatic carbocycles. The summed E-state index contributed by atoms with van der Waals surface area (Å²) in [4.78, 5) is 36.7. The molecule has 3 aromatic rings. The largest absolute Gasteiger partial charge is 0.440 e. The number of hydrogen-bond acceptors (Lipinski definition) is 9. The zero-order valence-electron chi connectivity index (χ0n) is 23.6. The van der Waals surface area contributed by atoms with Crippen molar-refractivity contribution in [3.8, 4) is 11.3 Å². The number of carbonyl (C=O) groups excluding carboxylic acids is 1. The Kier molecular flexibility index (Phi) is 8.73. The van der Waals surface area contributed by atoms with Gasteiger partial charge >= 0.3 is 0 Å². The molecule has 0 unspecified atom stereocenters.